The minimum absolute atomic E-state index is 0.391. The largest absolute Gasteiger partial charge is 0.280 e. The van der Waals surface area contributed by atoms with Crippen molar-refractivity contribution in [2.24, 2.45) is 5.14 Å². The molecular weight excluding hydrogens is 233 g/mol. The molecule has 0 aliphatic heterocycles. The predicted molar refractivity (Wildman–Crippen MR) is 45.3 cm³/mol. The van der Waals surface area contributed by atoms with Crippen LogP contribution in [0.3, 0.4) is 0 Å². The predicted octanol–water partition coefficient (Wildman–Crippen LogP) is 1.11. The summed E-state index contributed by atoms with van der Waals surface area (Å²) in [5, 5.41) is 3.74. The number of pyridine rings is 1. The number of hydrogen-bond donors (Lipinski definition) is 1. The molecule has 0 fully saturated rings. The molecule has 2 N–H and O–H groups in total. The summed E-state index contributed by atoms with van der Waals surface area (Å²) < 4.78 is 59.2. The van der Waals surface area contributed by atoms with Crippen LogP contribution in [0.15, 0.2) is 11.1 Å². The van der Waals surface area contributed by atoms with Gasteiger partial charge in [0.15, 0.2) is 5.03 Å². The Morgan fingerprint density at radius 1 is 1.47 bits per heavy atom. The van der Waals surface area contributed by atoms with Gasteiger partial charge < -0.3 is 0 Å². The molecule has 0 saturated heterocycles. The maximum atomic E-state index is 13.0. The van der Waals surface area contributed by atoms with Gasteiger partial charge in [-0.25, -0.2) is 31.7 Å². The molecule has 0 saturated carbocycles. The molecular formula is C7H7F3N2O2S. The summed E-state index contributed by atoms with van der Waals surface area (Å²) in [7, 11) is -4.28. The van der Waals surface area contributed by atoms with E-state index in [-0.39, 0.29) is 0 Å². The number of nitrogens with two attached hydrogens (primary N) is 1. The molecule has 0 spiro atoms. The highest BCUT2D eigenvalue weighted by molar-refractivity contribution is 7.89. The average Bonchev–Trinajstić information content (AvgIpc) is 2.06. The summed E-state index contributed by atoms with van der Waals surface area (Å²) in [5.41, 5.74) is -1.31. The molecule has 1 heterocycles. The second-order valence-electron chi connectivity index (χ2n) is 2.80. The normalized spacial score (nSPS) is 12.1. The van der Waals surface area contributed by atoms with E-state index in [1.165, 1.54) is 0 Å². The van der Waals surface area contributed by atoms with Crippen molar-refractivity contribution >= 4 is 10.0 Å². The van der Waals surface area contributed by atoms with Crippen molar-refractivity contribution < 1.29 is 21.6 Å². The van der Waals surface area contributed by atoms with Crippen LogP contribution in [0.1, 0.15) is 17.7 Å². The van der Waals surface area contributed by atoms with Gasteiger partial charge in [-0.15, -0.1) is 0 Å². The van der Waals surface area contributed by atoms with E-state index in [1.54, 1.807) is 0 Å². The van der Waals surface area contributed by atoms with Crippen LogP contribution < -0.4 is 5.14 Å². The fourth-order valence-electron chi connectivity index (χ4n) is 0.932. The summed E-state index contributed by atoms with van der Waals surface area (Å²) in [4.78, 5) is 3.10. The highest BCUT2D eigenvalue weighted by atomic mass is 32.2. The molecule has 15 heavy (non-hydrogen) atoms. The van der Waals surface area contributed by atoms with Gasteiger partial charge in [-0.1, -0.05) is 0 Å². The van der Waals surface area contributed by atoms with Gasteiger partial charge >= 0.3 is 0 Å². The maximum Gasteiger partial charge on any atom is 0.280 e. The van der Waals surface area contributed by atoms with E-state index in [0.717, 1.165) is 6.92 Å². The van der Waals surface area contributed by atoms with Crippen molar-refractivity contribution in [1.29, 1.82) is 0 Å². The zero-order valence-electron chi connectivity index (χ0n) is 7.54. The van der Waals surface area contributed by atoms with Crippen LogP contribution in [0.4, 0.5) is 13.2 Å². The molecule has 1 aromatic rings. The van der Waals surface area contributed by atoms with Gasteiger partial charge in [0.1, 0.15) is 11.5 Å². The number of nitrogens with zero attached hydrogens (tertiary/aromatic N) is 1. The molecule has 0 aromatic carbocycles. The van der Waals surface area contributed by atoms with E-state index in [2.05, 4.69) is 10.1 Å². The topological polar surface area (TPSA) is 73.1 Å². The van der Waals surface area contributed by atoms with Crippen molar-refractivity contribution in [2.75, 3.05) is 0 Å². The molecule has 0 bridgehead atoms. The fraction of sp³-hybridized carbons (Fsp3) is 0.286. The first-order chi connectivity index (χ1) is 6.73. The van der Waals surface area contributed by atoms with Crippen LogP contribution in [0.25, 0.3) is 0 Å². The van der Waals surface area contributed by atoms with Crippen molar-refractivity contribution in [3.8, 4) is 0 Å². The summed E-state index contributed by atoms with van der Waals surface area (Å²) in [6.07, 6.45) is -3.05. The Morgan fingerprint density at radius 3 is 2.40 bits per heavy atom. The van der Waals surface area contributed by atoms with E-state index in [4.69, 9.17) is 0 Å². The molecule has 1 rings (SSSR count). The van der Waals surface area contributed by atoms with Crippen molar-refractivity contribution in [3.63, 3.8) is 0 Å². The Balaban J connectivity index is 3.50. The highest BCUT2D eigenvalue weighted by Gasteiger charge is 2.21. The number of aromatic nitrogens is 1. The lowest BCUT2D eigenvalue weighted by Gasteiger charge is -2.06. The number of primary sulfonamides is 1. The van der Waals surface area contributed by atoms with Crippen LogP contribution in [-0.4, -0.2) is 13.4 Å². The monoisotopic (exact) mass is 240 g/mol. The first-order valence-corrected chi connectivity index (χ1v) is 5.26. The smallest absolute Gasteiger partial charge is 0.233 e. The summed E-state index contributed by atoms with van der Waals surface area (Å²) in [5.74, 6) is -1.08. The third-order valence-electron chi connectivity index (χ3n) is 1.72. The van der Waals surface area contributed by atoms with Crippen LogP contribution >= 0.6 is 0 Å². The van der Waals surface area contributed by atoms with Crippen molar-refractivity contribution in [3.05, 3.63) is 23.1 Å². The number of halogens is 3. The Hall–Kier alpha value is -1.15. The first-order valence-electron chi connectivity index (χ1n) is 3.71. The second-order valence-corrected chi connectivity index (χ2v) is 4.31. The molecule has 4 nitrogen and oxygen atoms in total. The number of hydrogen-bond acceptors (Lipinski definition) is 3. The quantitative estimate of drug-likeness (QED) is 0.841. The molecule has 0 aliphatic rings. The van der Waals surface area contributed by atoms with Gasteiger partial charge in [0.25, 0.3) is 16.4 Å². The molecule has 0 atom stereocenters. The minimum Gasteiger partial charge on any atom is -0.233 e. The van der Waals surface area contributed by atoms with Gasteiger partial charge in [-0.2, -0.15) is 0 Å². The van der Waals surface area contributed by atoms with Gasteiger partial charge in [0, 0.05) is 11.6 Å². The van der Waals surface area contributed by atoms with Crippen LogP contribution in [0.5, 0.6) is 0 Å². The molecule has 1 aromatic heterocycles. The van der Waals surface area contributed by atoms with Crippen LogP contribution in [0.2, 0.25) is 0 Å². The van der Waals surface area contributed by atoms with Gasteiger partial charge in [0.2, 0.25) is 0 Å². The molecule has 84 valence electrons. The van der Waals surface area contributed by atoms with Crippen LogP contribution in [0, 0.1) is 12.7 Å². The van der Waals surface area contributed by atoms with E-state index >= 15 is 0 Å². The highest BCUT2D eigenvalue weighted by Crippen LogP contribution is 2.23. The SMILES string of the molecule is Cc1c(F)cc(S(N)(=O)=O)nc1C(F)F. The lowest BCUT2D eigenvalue weighted by atomic mass is 10.2. The molecule has 8 heteroatoms. The lowest BCUT2D eigenvalue weighted by molar-refractivity contribution is 0.143. The summed E-state index contributed by atoms with van der Waals surface area (Å²) >= 11 is 0. The van der Waals surface area contributed by atoms with Gasteiger partial charge in [-0.3, -0.25) is 0 Å². The Kier molecular flexibility index (Phi) is 3.00. The zero-order valence-corrected chi connectivity index (χ0v) is 8.35. The van der Waals surface area contributed by atoms with E-state index < -0.39 is 38.5 Å². The molecule has 0 unspecified atom stereocenters. The van der Waals surface area contributed by atoms with E-state index in [0.29, 0.717) is 6.07 Å². The van der Waals surface area contributed by atoms with E-state index in [9.17, 15) is 21.6 Å². The molecule has 0 aliphatic carbocycles. The average molecular weight is 240 g/mol. The summed E-state index contributed by atoms with van der Waals surface area (Å²) in [6, 6.07) is 0.510. The summed E-state index contributed by atoms with van der Waals surface area (Å²) in [6.45, 7) is 1.08. The zero-order chi connectivity index (χ0) is 11.8. The number of rotatable bonds is 2. The lowest BCUT2D eigenvalue weighted by Crippen LogP contribution is -2.16. The third-order valence-corrected chi connectivity index (χ3v) is 2.51. The van der Waals surface area contributed by atoms with E-state index in [1.807, 2.05) is 0 Å². The van der Waals surface area contributed by atoms with Crippen molar-refractivity contribution in [2.45, 2.75) is 18.4 Å². The van der Waals surface area contributed by atoms with Gasteiger partial charge in [-0.05, 0) is 6.92 Å². The van der Waals surface area contributed by atoms with Gasteiger partial charge in [0.05, 0.1) is 0 Å². The third kappa shape index (κ3) is 2.45. The fourth-order valence-corrected chi connectivity index (χ4v) is 1.43. The molecule has 0 radical (unpaired) electrons. The van der Waals surface area contributed by atoms with Crippen LogP contribution in [-0.2, 0) is 10.0 Å². The first kappa shape index (κ1) is 11.9. The standard InChI is InChI=1S/C7H7F3N2O2S/c1-3-4(8)2-5(15(11,13)14)12-6(3)7(9)10/h2,7H,1H3,(H2,11,13,14). The van der Waals surface area contributed by atoms with Crippen molar-refractivity contribution in [1.82, 2.24) is 4.98 Å². The number of sulfonamides is 1. The Morgan fingerprint density at radius 2 is 2.00 bits per heavy atom. The second kappa shape index (κ2) is 3.78. The Labute approximate surface area is 84.0 Å². The Bertz CT molecular complexity index is 487. The maximum absolute atomic E-state index is 13.0. The number of alkyl halides is 2. The molecule has 0 amide bonds. The minimum atomic E-state index is -4.28.